The van der Waals surface area contributed by atoms with Gasteiger partial charge in [0.25, 0.3) is 0 Å². The topological polar surface area (TPSA) is 3.24 Å². The molecule has 0 atom stereocenters. The molecule has 7 aromatic rings. The minimum Gasteiger partial charge on any atom is -0.311 e. The van der Waals surface area contributed by atoms with Crippen LogP contribution in [0.1, 0.15) is 16.7 Å². The van der Waals surface area contributed by atoms with Gasteiger partial charge in [0, 0.05) is 17.1 Å². The Labute approximate surface area is 253 Å². The van der Waals surface area contributed by atoms with E-state index in [1.165, 1.54) is 60.8 Å². The van der Waals surface area contributed by atoms with Crippen LogP contribution >= 0.6 is 0 Å². The van der Waals surface area contributed by atoms with Crippen molar-refractivity contribution in [1.29, 1.82) is 0 Å². The van der Waals surface area contributed by atoms with Crippen molar-refractivity contribution in [2.24, 2.45) is 0 Å². The van der Waals surface area contributed by atoms with Crippen LogP contribution in [0.15, 0.2) is 158 Å². The second-order valence-corrected chi connectivity index (χ2v) is 11.5. The summed E-state index contributed by atoms with van der Waals surface area (Å²) >= 11 is 0. The molecule has 8 rings (SSSR count). The van der Waals surface area contributed by atoms with Crippen molar-refractivity contribution in [3.05, 3.63) is 174 Å². The molecule has 1 aliphatic carbocycles. The maximum Gasteiger partial charge on any atom is 0.0462 e. The lowest BCUT2D eigenvalue weighted by molar-refractivity contribution is 1.26. The number of fused-ring (bicyclic) bond motifs is 4. The first-order valence-corrected chi connectivity index (χ1v) is 15.0. The summed E-state index contributed by atoms with van der Waals surface area (Å²) in [6.07, 6.45) is 1.01. The van der Waals surface area contributed by atoms with Gasteiger partial charge in [-0.3, -0.25) is 0 Å². The SMILES string of the molecule is Cc1ccc(N(c2ccc(-c3ccc4c(c3)Cc3ccccc3-4)cc2)c2ccc(-c3ccc4ccccc4c3)cc2)cc1. The lowest BCUT2D eigenvalue weighted by Gasteiger charge is -2.26. The fourth-order valence-corrected chi connectivity index (χ4v) is 6.44. The van der Waals surface area contributed by atoms with Gasteiger partial charge in [-0.1, -0.05) is 121 Å². The summed E-state index contributed by atoms with van der Waals surface area (Å²) in [4.78, 5) is 2.34. The van der Waals surface area contributed by atoms with Gasteiger partial charge in [-0.05, 0) is 111 Å². The monoisotopic (exact) mass is 549 g/mol. The summed E-state index contributed by atoms with van der Waals surface area (Å²) in [6.45, 7) is 2.14. The van der Waals surface area contributed by atoms with Crippen LogP contribution in [0, 0.1) is 6.92 Å². The Morgan fingerprint density at radius 2 is 0.907 bits per heavy atom. The molecule has 0 aliphatic heterocycles. The Morgan fingerprint density at radius 3 is 1.60 bits per heavy atom. The Morgan fingerprint density at radius 1 is 0.395 bits per heavy atom. The quantitative estimate of drug-likeness (QED) is 0.206. The van der Waals surface area contributed by atoms with Gasteiger partial charge < -0.3 is 4.90 Å². The van der Waals surface area contributed by atoms with E-state index in [0.29, 0.717) is 0 Å². The smallest absolute Gasteiger partial charge is 0.0462 e. The lowest BCUT2D eigenvalue weighted by atomic mass is 9.98. The standard InChI is InChI=1S/C42H31N/c1-29-10-19-38(20-11-29)43(39-21-14-31(15-22-39)34-13-12-30-6-2-3-7-33(30)26-34)40-23-16-32(17-24-40)35-18-25-42-37(27-35)28-36-8-4-5-9-41(36)42/h2-27H,28H2,1H3. The van der Waals surface area contributed by atoms with E-state index in [1.54, 1.807) is 0 Å². The van der Waals surface area contributed by atoms with Gasteiger partial charge in [0.1, 0.15) is 0 Å². The van der Waals surface area contributed by atoms with E-state index in [1.807, 2.05) is 0 Å². The summed E-state index contributed by atoms with van der Waals surface area (Å²) < 4.78 is 0. The molecule has 0 aromatic heterocycles. The van der Waals surface area contributed by atoms with Gasteiger partial charge in [-0.2, -0.15) is 0 Å². The highest BCUT2D eigenvalue weighted by atomic mass is 15.1. The van der Waals surface area contributed by atoms with Gasteiger partial charge in [-0.15, -0.1) is 0 Å². The van der Waals surface area contributed by atoms with Crippen LogP contribution in [0.25, 0.3) is 44.2 Å². The molecule has 1 heteroatoms. The Hall–Kier alpha value is -5.40. The van der Waals surface area contributed by atoms with E-state index < -0.39 is 0 Å². The molecular formula is C42H31N. The number of aryl methyl sites for hydroxylation is 1. The molecule has 0 heterocycles. The first-order valence-electron chi connectivity index (χ1n) is 15.0. The second kappa shape index (κ2) is 10.5. The maximum atomic E-state index is 2.37. The van der Waals surface area contributed by atoms with Crippen molar-refractivity contribution >= 4 is 27.8 Å². The third kappa shape index (κ3) is 4.70. The molecule has 1 nitrogen and oxygen atoms in total. The third-order valence-electron chi connectivity index (χ3n) is 8.75. The highest BCUT2D eigenvalue weighted by Crippen LogP contribution is 2.40. The summed E-state index contributed by atoms with van der Waals surface area (Å²) in [7, 11) is 0. The van der Waals surface area contributed by atoms with Gasteiger partial charge in [-0.25, -0.2) is 0 Å². The predicted molar refractivity (Wildman–Crippen MR) is 182 cm³/mol. The largest absolute Gasteiger partial charge is 0.311 e. The van der Waals surface area contributed by atoms with Crippen LogP contribution in [0.3, 0.4) is 0 Å². The number of hydrogen-bond acceptors (Lipinski definition) is 1. The van der Waals surface area contributed by atoms with E-state index in [9.17, 15) is 0 Å². The second-order valence-electron chi connectivity index (χ2n) is 11.5. The van der Waals surface area contributed by atoms with E-state index in [2.05, 4.69) is 170 Å². The fraction of sp³-hybridized carbons (Fsp3) is 0.0476. The van der Waals surface area contributed by atoms with E-state index >= 15 is 0 Å². The average molecular weight is 550 g/mol. The number of hydrogen-bond donors (Lipinski definition) is 0. The van der Waals surface area contributed by atoms with E-state index in [4.69, 9.17) is 0 Å². The zero-order valence-electron chi connectivity index (χ0n) is 24.2. The average Bonchev–Trinajstić information content (AvgIpc) is 3.44. The first kappa shape index (κ1) is 25.3. The van der Waals surface area contributed by atoms with Gasteiger partial charge in [0.2, 0.25) is 0 Å². The van der Waals surface area contributed by atoms with Crippen LogP contribution in [0.2, 0.25) is 0 Å². The van der Waals surface area contributed by atoms with Crippen LogP contribution in [0.5, 0.6) is 0 Å². The minimum atomic E-state index is 1.01. The molecule has 0 radical (unpaired) electrons. The maximum absolute atomic E-state index is 2.37. The van der Waals surface area contributed by atoms with E-state index in [-0.39, 0.29) is 0 Å². The molecule has 0 unspecified atom stereocenters. The van der Waals surface area contributed by atoms with Gasteiger partial charge in [0.05, 0.1) is 0 Å². The van der Waals surface area contributed by atoms with Crippen LogP contribution in [0.4, 0.5) is 17.1 Å². The number of rotatable bonds is 5. The van der Waals surface area contributed by atoms with Crippen molar-refractivity contribution in [2.75, 3.05) is 4.90 Å². The highest BCUT2D eigenvalue weighted by molar-refractivity contribution is 5.88. The zero-order chi connectivity index (χ0) is 28.8. The number of benzene rings is 7. The number of nitrogens with zero attached hydrogens (tertiary/aromatic N) is 1. The zero-order valence-corrected chi connectivity index (χ0v) is 24.2. The van der Waals surface area contributed by atoms with Crippen LogP contribution < -0.4 is 4.90 Å². The predicted octanol–water partition coefficient (Wildman–Crippen LogP) is 11.5. The first-order chi connectivity index (χ1) is 21.2. The van der Waals surface area contributed by atoms with Crippen LogP contribution in [-0.4, -0.2) is 0 Å². The summed E-state index contributed by atoms with van der Waals surface area (Å²) in [5, 5.41) is 2.53. The molecule has 0 N–H and O–H groups in total. The van der Waals surface area contributed by atoms with E-state index in [0.717, 1.165) is 23.5 Å². The summed E-state index contributed by atoms with van der Waals surface area (Å²) in [5.74, 6) is 0. The molecule has 0 saturated carbocycles. The molecule has 43 heavy (non-hydrogen) atoms. The molecule has 1 aliphatic rings. The minimum absolute atomic E-state index is 1.01. The van der Waals surface area contributed by atoms with Crippen molar-refractivity contribution in [3.63, 3.8) is 0 Å². The van der Waals surface area contributed by atoms with Crippen molar-refractivity contribution in [2.45, 2.75) is 13.3 Å². The molecule has 204 valence electrons. The molecule has 0 fully saturated rings. The molecule has 0 bridgehead atoms. The van der Waals surface area contributed by atoms with Crippen molar-refractivity contribution in [1.82, 2.24) is 0 Å². The summed E-state index contributed by atoms with van der Waals surface area (Å²) in [6, 6.07) is 57.6. The van der Waals surface area contributed by atoms with Crippen molar-refractivity contribution in [3.8, 4) is 33.4 Å². The Balaban J connectivity index is 1.12. The van der Waals surface area contributed by atoms with Crippen molar-refractivity contribution < 1.29 is 0 Å². The van der Waals surface area contributed by atoms with Crippen LogP contribution in [-0.2, 0) is 6.42 Å². The third-order valence-corrected chi connectivity index (χ3v) is 8.75. The fourth-order valence-electron chi connectivity index (χ4n) is 6.44. The Kier molecular flexibility index (Phi) is 6.16. The molecule has 0 spiro atoms. The van der Waals surface area contributed by atoms with Gasteiger partial charge >= 0.3 is 0 Å². The lowest BCUT2D eigenvalue weighted by Crippen LogP contribution is -2.09. The normalized spacial score (nSPS) is 11.7. The molecular weight excluding hydrogens is 518 g/mol. The molecule has 7 aromatic carbocycles. The highest BCUT2D eigenvalue weighted by Gasteiger charge is 2.18. The molecule has 0 saturated heterocycles. The summed E-state index contributed by atoms with van der Waals surface area (Å²) in [5.41, 5.74) is 15.2. The molecule has 0 amide bonds. The Bertz CT molecular complexity index is 2080. The van der Waals surface area contributed by atoms with Gasteiger partial charge in [0.15, 0.2) is 0 Å². The number of anilines is 3.